The number of benzene rings is 3. The first-order valence-corrected chi connectivity index (χ1v) is 9.43. The number of methoxy groups -OCH3 is 1. The second-order valence-electron chi connectivity index (χ2n) is 6.71. The van der Waals surface area contributed by atoms with Crippen molar-refractivity contribution in [1.82, 2.24) is 10.6 Å². The fourth-order valence-electron chi connectivity index (χ4n) is 3.58. The van der Waals surface area contributed by atoms with E-state index >= 15 is 0 Å². The molecule has 0 unspecified atom stereocenters. The van der Waals surface area contributed by atoms with Crippen molar-refractivity contribution in [2.45, 2.75) is 13.0 Å². The van der Waals surface area contributed by atoms with E-state index in [1.54, 1.807) is 14.0 Å². The zero-order valence-electron chi connectivity index (χ0n) is 15.7. The Hall–Kier alpha value is -3.18. The third-order valence-corrected chi connectivity index (χ3v) is 5.14. The van der Waals surface area contributed by atoms with E-state index in [9.17, 15) is 4.79 Å². The van der Waals surface area contributed by atoms with E-state index in [0.29, 0.717) is 10.7 Å². The Morgan fingerprint density at radius 2 is 1.71 bits per heavy atom. The van der Waals surface area contributed by atoms with Crippen LogP contribution in [0.4, 0.5) is 0 Å². The molecule has 1 aliphatic rings. The lowest BCUT2D eigenvalue weighted by Gasteiger charge is -2.31. The monoisotopic (exact) mass is 388 g/mol. The van der Waals surface area contributed by atoms with E-state index < -0.39 is 0 Å². The normalized spacial score (nSPS) is 16.5. The molecule has 5 heteroatoms. The molecule has 1 heterocycles. The molecule has 0 radical (unpaired) electrons. The lowest BCUT2D eigenvalue weighted by Crippen LogP contribution is -2.44. The van der Waals surface area contributed by atoms with Crippen molar-refractivity contribution in [1.29, 1.82) is 0 Å². The highest BCUT2D eigenvalue weighted by Crippen LogP contribution is 2.33. The van der Waals surface area contributed by atoms with Crippen LogP contribution in [0.2, 0.25) is 0 Å². The zero-order valence-corrected chi connectivity index (χ0v) is 16.5. The molecule has 28 heavy (non-hydrogen) atoms. The lowest BCUT2D eigenvalue weighted by molar-refractivity contribution is -0.113. The van der Waals surface area contributed by atoms with Gasteiger partial charge in [0, 0.05) is 5.57 Å². The Kier molecular flexibility index (Phi) is 4.84. The van der Waals surface area contributed by atoms with E-state index in [-0.39, 0.29) is 11.8 Å². The molecule has 0 fully saturated rings. The van der Waals surface area contributed by atoms with Crippen molar-refractivity contribution in [2.24, 2.45) is 0 Å². The Balaban J connectivity index is 1.86. The molecule has 0 bridgehead atoms. The largest absolute Gasteiger partial charge is 0.497 e. The van der Waals surface area contributed by atoms with Gasteiger partial charge in [-0.15, -0.1) is 0 Å². The molecular weight excluding hydrogens is 368 g/mol. The molecule has 4 nitrogen and oxygen atoms in total. The molecule has 0 spiro atoms. The zero-order chi connectivity index (χ0) is 19.7. The number of ether oxygens (including phenoxy) is 1. The summed E-state index contributed by atoms with van der Waals surface area (Å²) in [4.78, 5) is 12.6. The molecule has 1 aliphatic heterocycles. The first kappa shape index (κ1) is 18.2. The number of carbonyl (C=O) groups is 1. The topological polar surface area (TPSA) is 50.4 Å². The SMILES string of the molecule is COc1ccc2cc([C@H]3NC(=S)NC(c4ccccc4)=C3C(C)=O)ccc2c1. The number of ketones is 1. The average Bonchev–Trinajstić information content (AvgIpc) is 2.72. The Morgan fingerprint density at radius 3 is 2.43 bits per heavy atom. The number of hydrogen-bond acceptors (Lipinski definition) is 3. The number of fused-ring (bicyclic) bond motifs is 1. The summed E-state index contributed by atoms with van der Waals surface area (Å²) >= 11 is 5.44. The van der Waals surface area contributed by atoms with Crippen LogP contribution in [0, 0.1) is 0 Å². The number of nitrogens with one attached hydrogen (secondary N) is 2. The molecule has 0 saturated carbocycles. The number of carbonyl (C=O) groups excluding carboxylic acids is 1. The molecule has 1 atom stereocenters. The van der Waals surface area contributed by atoms with Crippen molar-refractivity contribution in [3.8, 4) is 5.75 Å². The van der Waals surface area contributed by atoms with E-state index in [1.807, 2.05) is 60.7 Å². The highest BCUT2D eigenvalue weighted by molar-refractivity contribution is 7.80. The molecule has 0 aromatic heterocycles. The van der Waals surface area contributed by atoms with Gasteiger partial charge in [0.1, 0.15) is 5.75 Å². The number of rotatable bonds is 4. The van der Waals surface area contributed by atoms with Crippen molar-refractivity contribution >= 4 is 39.6 Å². The maximum Gasteiger partial charge on any atom is 0.171 e. The minimum absolute atomic E-state index is 0.00109. The highest BCUT2D eigenvalue weighted by atomic mass is 32.1. The Bertz CT molecular complexity index is 1110. The van der Waals surface area contributed by atoms with E-state index in [2.05, 4.69) is 16.7 Å². The van der Waals surface area contributed by atoms with Crippen molar-refractivity contribution in [3.63, 3.8) is 0 Å². The van der Waals surface area contributed by atoms with Crippen LogP contribution in [-0.4, -0.2) is 18.0 Å². The van der Waals surface area contributed by atoms with Crippen LogP contribution in [0.5, 0.6) is 5.75 Å². The predicted molar refractivity (Wildman–Crippen MR) is 116 cm³/mol. The van der Waals surface area contributed by atoms with Gasteiger partial charge in [-0.05, 0) is 59.2 Å². The second kappa shape index (κ2) is 7.44. The molecule has 0 saturated heterocycles. The van der Waals surface area contributed by atoms with Crippen molar-refractivity contribution in [3.05, 3.63) is 83.4 Å². The van der Waals surface area contributed by atoms with Gasteiger partial charge >= 0.3 is 0 Å². The van der Waals surface area contributed by atoms with Crippen LogP contribution in [-0.2, 0) is 4.79 Å². The summed E-state index contributed by atoms with van der Waals surface area (Å²) in [5.41, 5.74) is 3.36. The van der Waals surface area contributed by atoms with Gasteiger partial charge < -0.3 is 15.4 Å². The molecule has 0 amide bonds. The number of thiocarbonyl (C=S) groups is 1. The van der Waals surface area contributed by atoms with Gasteiger partial charge in [-0.2, -0.15) is 0 Å². The van der Waals surface area contributed by atoms with Crippen LogP contribution in [0.25, 0.3) is 16.5 Å². The first-order chi connectivity index (χ1) is 13.6. The molecule has 2 N–H and O–H groups in total. The quantitative estimate of drug-likeness (QED) is 0.650. The Morgan fingerprint density at radius 1 is 1.00 bits per heavy atom. The van der Waals surface area contributed by atoms with Gasteiger partial charge in [-0.1, -0.05) is 48.5 Å². The second-order valence-corrected chi connectivity index (χ2v) is 7.12. The molecule has 4 rings (SSSR count). The van der Waals surface area contributed by atoms with E-state index in [4.69, 9.17) is 17.0 Å². The Labute approximate surface area is 169 Å². The summed E-state index contributed by atoms with van der Waals surface area (Å²) in [6.07, 6.45) is 0. The summed E-state index contributed by atoms with van der Waals surface area (Å²) in [6.45, 7) is 1.59. The third kappa shape index (κ3) is 3.37. The summed E-state index contributed by atoms with van der Waals surface area (Å²) in [5.74, 6) is 0.818. The van der Waals surface area contributed by atoms with Crippen LogP contribution in [0.15, 0.2) is 72.3 Å². The van der Waals surface area contributed by atoms with Crippen molar-refractivity contribution < 1.29 is 9.53 Å². The minimum Gasteiger partial charge on any atom is -0.497 e. The third-order valence-electron chi connectivity index (χ3n) is 4.92. The van der Waals surface area contributed by atoms with Crippen molar-refractivity contribution in [2.75, 3.05) is 7.11 Å². The van der Waals surface area contributed by atoms with Gasteiger partial charge in [0.15, 0.2) is 10.9 Å². The van der Waals surface area contributed by atoms with Gasteiger partial charge in [0.05, 0.1) is 18.8 Å². The average molecular weight is 388 g/mol. The van der Waals surface area contributed by atoms with E-state index in [0.717, 1.165) is 33.3 Å². The summed E-state index contributed by atoms with van der Waals surface area (Å²) < 4.78 is 5.30. The molecule has 3 aromatic carbocycles. The van der Waals surface area contributed by atoms with E-state index in [1.165, 1.54) is 0 Å². The summed E-state index contributed by atoms with van der Waals surface area (Å²) in [7, 11) is 1.66. The molecular formula is C23H20N2O2S. The van der Waals surface area contributed by atoms with Gasteiger partial charge in [-0.25, -0.2) is 0 Å². The summed E-state index contributed by atoms with van der Waals surface area (Å²) in [6, 6.07) is 21.6. The maximum atomic E-state index is 12.6. The van der Waals surface area contributed by atoms with Crippen LogP contribution >= 0.6 is 12.2 Å². The van der Waals surface area contributed by atoms with Gasteiger partial charge in [-0.3, -0.25) is 4.79 Å². The highest BCUT2D eigenvalue weighted by Gasteiger charge is 2.30. The fraction of sp³-hybridized carbons (Fsp3) is 0.130. The smallest absolute Gasteiger partial charge is 0.171 e. The first-order valence-electron chi connectivity index (χ1n) is 9.02. The van der Waals surface area contributed by atoms with Crippen LogP contribution in [0.3, 0.4) is 0 Å². The number of Topliss-reactive ketones (excluding diaryl/α,β-unsaturated/α-hetero) is 1. The van der Waals surface area contributed by atoms with Gasteiger partial charge in [0.2, 0.25) is 0 Å². The van der Waals surface area contributed by atoms with Crippen LogP contribution < -0.4 is 15.4 Å². The minimum atomic E-state index is -0.312. The molecule has 0 aliphatic carbocycles. The van der Waals surface area contributed by atoms with Crippen LogP contribution in [0.1, 0.15) is 24.1 Å². The molecule has 3 aromatic rings. The molecule has 140 valence electrons. The number of hydrogen-bond donors (Lipinski definition) is 2. The maximum absolute atomic E-state index is 12.6. The summed E-state index contributed by atoms with van der Waals surface area (Å²) in [5, 5.41) is 9.11. The standard InChI is InChI=1S/C23H20N2O2S/c1-14(26)20-21(15-6-4-3-5-7-15)24-23(28)25-22(20)18-9-8-17-13-19(27-2)11-10-16(17)12-18/h3-13,22H,1-2H3,(H2,24,25,28)/t22-/m1/s1. The predicted octanol–water partition coefficient (Wildman–Crippen LogP) is 4.37. The van der Waals surface area contributed by atoms with Gasteiger partial charge in [0.25, 0.3) is 0 Å². The lowest BCUT2D eigenvalue weighted by atomic mass is 9.89. The fourth-order valence-corrected chi connectivity index (χ4v) is 3.80.